The van der Waals surface area contributed by atoms with E-state index in [0.717, 1.165) is 42.8 Å². The molecule has 0 amide bonds. The van der Waals surface area contributed by atoms with Gasteiger partial charge in [0.05, 0.1) is 12.8 Å². The Kier molecular flexibility index (Phi) is 7.06. The maximum Gasteiger partial charge on any atom is 0.218 e. The molecule has 0 saturated carbocycles. The van der Waals surface area contributed by atoms with Crippen molar-refractivity contribution < 1.29 is 9.15 Å². The molecule has 2 heterocycles. The van der Waals surface area contributed by atoms with Crippen LogP contribution in [0.4, 0.5) is 5.69 Å². The molecular formula is C25H23N5O2. The molecule has 0 N–H and O–H groups in total. The van der Waals surface area contributed by atoms with Gasteiger partial charge in [-0.15, -0.1) is 5.10 Å². The predicted octanol–water partition coefficient (Wildman–Crippen LogP) is 5.59. The van der Waals surface area contributed by atoms with Gasteiger partial charge in [0.1, 0.15) is 24.3 Å². The van der Waals surface area contributed by atoms with Gasteiger partial charge in [-0.25, -0.2) is 9.83 Å². The van der Waals surface area contributed by atoms with Gasteiger partial charge in [0.2, 0.25) is 5.89 Å². The van der Waals surface area contributed by atoms with Gasteiger partial charge >= 0.3 is 0 Å². The van der Waals surface area contributed by atoms with E-state index in [-0.39, 0.29) is 0 Å². The third kappa shape index (κ3) is 6.16. The molecule has 0 saturated heterocycles. The van der Waals surface area contributed by atoms with Gasteiger partial charge in [0.25, 0.3) is 0 Å². The van der Waals surface area contributed by atoms with E-state index in [0.29, 0.717) is 18.2 Å². The molecule has 0 unspecified atom stereocenters. The molecule has 160 valence electrons. The molecule has 0 aliphatic carbocycles. The van der Waals surface area contributed by atoms with Crippen LogP contribution in [0, 0.1) is 6.57 Å². The standard InChI is InChI=1S/C25H23N5O2/c1-26-22-10-5-21(6-11-22)9-14-25-28-23(19-32-25)18-31-24-12-7-20(8-13-24)4-2-3-16-30-17-15-27-29-30/h5-15,17,19H,2-4,16,18H2/b14-9+. The lowest BCUT2D eigenvalue weighted by Gasteiger charge is -2.06. The fourth-order valence-corrected chi connectivity index (χ4v) is 3.16. The van der Waals surface area contributed by atoms with Crippen molar-refractivity contribution in [3.8, 4) is 5.75 Å². The molecule has 2 aromatic heterocycles. The number of nitrogens with zero attached hydrogens (tertiary/aromatic N) is 5. The van der Waals surface area contributed by atoms with E-state index in [1.165, 1.54) is 5.56 Å². The smallest absolute Gasteiger partial charge is 0.218 e. The summed E-state index contributed by atoms with van der Waals surface area (Å²) in [5.74, 6) is 1.32. The van der Waals surface area contributed by atoms with E-state index in [4.69, 9.17) is 15.7 Å². The molecule has 2 aromatic carbocycles. The van der Waals surface area contributed by atoms with Crippen LogP contribution < -0.4 is 4.74 Å². The first-order chi connectivity index (χ1) is 15.8. The second-order valence-corrected chi connectivity index (χ2v) is 7.27. The first-order valence-electron chi connectivity index (χ1n) is 10.4. The highest BCUT2D eigenvalue weighted by molar-refractivity contribution is 5.67. The van der Waals surface area contributed by atoms with Crippen LogP contribution in [0.1, 0.15) is 35.6 Å². The molecule has 7 nitrogen and oxygen atoms in total. The number of benzene rings is 2. The molecule has 0 aliphatic heterocycles. The average molecular weight is 425 g/mol. The summed E-state index contributed by atoms with van der Waals surface area (Å²) in [6.07, 6.45) is 12.1. The quantitative estimate of drug-likeness (QED) is 0.245. The van der Waals surface area contributed by atoms with Crippen LogP contribution in [0.3, 0.4) is 0 Å². The SMILES string of the molecule is [C-]#[N+]c1ccc(/C=C/c2nc(COc3ccc(CCCCn4ccnn4)cc3)co2)cc1. The maximum absolute atomic E-state index is 6.99. The number of hydrogen-bond acceptors (Lipinski definition) is 5. The maximum atomic E-state index is 6.99. The molecule has 0 radical (unpaired) electrons. The fourth-order valence-electron chi connectivity index (χ4n) is 3.16. The van der Waals surface area contributed by atoms with Crippen molar-refractivity contribution in [3.05, 3.63) is 101 Å². The zero-order valence-electron chi connectivity index (χ0n) is 17.6. The number of oxazole rings is 1. The van der Waals surface area contributed by atoms with Gasteiger partial charge < -0.3 is 9.15 Å². The van der Waals surface area contributed by atoms with Gasteiger partial charge in [-0.05, 0) is 48.6 Å². The number of rotatable bonds is 10. The Morgan fingerprint density at radius 1 is 1.03 bits per heavy atom. The number of hydrogen-bond donors (Lipinski definition) is 0. The van der Waals surface area contributed by atoms with Gasteiger partial charge in [0.15, 0.2) is 5.69 Å². The Morgan fingerprint density at radius 3 is 2.62 bits per heavy atom. The highest BCUT2D eigenvalue weighted by Crippen LogP contribution is 2.17. The van der Waals surface area contributed by atoms with Gasteiger partial charge in [-0.2, -0.15) is 0 Å². The van der Waals surface area contributed by atoms with Crippen molar-refractivity contribution in [2.24, 2.45) is 0 Å². The van der Waals surface area contributed by atoms with E-state index in [1.54, 1.807) is 30.7 Å². The first kappa shape index (κ1) is 21.1. The van der Waals surface area contributed by atoms with Crippen LogP contribution in [-0.4, -0.2) is 20.0 Å². The Morgan fingerprint density at radius 2 is 1.88 bits per heavy atom. The largest absolute Gasteiger partial charge is 0.487 e. The molecule has 0 spiro atoms. The van der Waals surface area contributed by atoms with E-state index >= 15 is 0 Å². The van der Waals surface area contributed by atoms with Crippen LogP contribution in [0.15, 0.2) is 71.6 Å². The summed E-state index contributed by atoms with van der Waals surface area (Å²) in [4.78, 5) is 7.81. The molecule has 32 heavy (non-hydrogen) atoms. The van der Waals surface area contributed by atoms with Gasteiger partial charge in [-0.1, -0.05) is 41.6 Å². The fraction of sp³-hybridized carbons (Fsp3) is 0.200. The second kappa shape index (κ2) is 10.7. The van der Waals surface area contributed by atoms with Crippen LogP contribution in [-0.2, 0) is 19.6 Å². The Labute approximate surface area is 186 Å². The molecule has 4 aromatic rings. The molecule has 7 heteroatoms. The predicted molar refractivity (Wildman–Crippen MR) is 122 cm³/mol. The molecule has 0 aliphatic rings. The van der Waals surface area contributed by atoms with Crippen LogP contribution >= 0.6 is 0 Å². The van der Waals surface area contributed by atoms with Crippen LogP contribution in [0.25, 0.3) is 17.0 Å². The topological polar surface area (TPSA) is 70.3 Å². The molecular weight excluding hydrogens is 402 g/mol. The summed E-state index contributed by atoms with van der Waals surface area (Å²) in [5, 5.41) is 7.79. The normalized spacial score (nSPS) is 11.0. The number of aryl methyl sites for hydroxylation is 2. The number of unbranched alkanes of at least 4 members (excludes halogenated alkanes) is 1. The summed E-state index contributed by atoms with van der Waals surface area (Å²) in [5.41, 5.74) is 3.61. The van der Waals surface area contributed by atoms with Crippen molar-refractivity contribution >= 4 is 17.8 Å². The van der Waals surface area contributed by atoms with Crippen molar-refractivity contribution in [2.75, 3.05) is 0 Å². The zero-order valence-corrected chi connectivity index (χ0v) is 17.6. The molecule has 0 bridgehead atoms. The number of ether oxygens (including phenoxy) is 1. The monoisotopic (exact) mass is 425 g/mol. The Hall–Kier alpha value is -4.18. The van der Waals surface area contributed by atoms with E-state index < -0.39 is 0 Å². The van der Waals surface area contributed by atoms with Crippen molar-refractivity contribution in [3.63, 3.8) is 0 Å². The Bertz CT molecular complexity index is 1170. The van der Waals surface area contributed by atoms with E-state index in [1.807, 2.05) is 41.2 Å². The zero-order chi connectivity index (χ0) is 22.0. The van der Waals surface area contributed by atoms with Crippen LogP contribution in [0.2, 0.25) is 0 Å². The van der Waals surface area contributed by atoms with E-state index in [2.05, 4.69) is 32.3 Å². The minimum absolute atomic E-state index is 0.342. The summed E-state index contributed by atoms with van der Waals surface area (Å²) in [6, 6.07) is 15.5. The molecule has 0 atom stereocenters. The minimum atomic E-state index is 0.342. The number of aromatic nitrogens is 4. The summed E-state index contributed by atoms with van der Waals surface area (Å²) in [6.45, 7) is 8.22. The van der Waals surface area contributed by atoms with E-state index in [9.17, 15) is 0 Å². The highest BCUT2D eigenvalue weighted by Gasteiger charge is 2.03. The lowest BCUT2D eigenvalue weighted by molar-refractivity contribution is 0.301. The molecule has 0 fully saturated rings. The second-order valence-electron chi connectivity index (χ2n) is 7.27. The lowest BCUT2D eigenvalue weighted by atomic mass is 10.1. The minimum Gasteiger partial charge on any atom is -0.487 e. The van der Waals surface area contributed by atoms with Gasteiger partial charge in [-0.3, -0.25) is 4.68 Å². The lowest BCUT2D eigenvalue weighted by Crippen LogP contribution is -1.99. The van der Waals surface area contributed by atoms with Gasteiger partial charge in [0, 0.05) is 18.8 Å². The summed E-state index contributed by atoms with van der Waals surface area (Å²) >= 11 is 0. The van der Waals surface area contributed by atoms with Crippen molar-refractivity contribution in [2.45, 2.75) is 32.4 Å². The highest BCUT2D eigenvalue weighted by atomic mass is 16.5. The molecule has 4 rings (SSSR count). The summed E-state index contributed by atoms with van der Waals surface area (Å²) in [7, 11) is 0. The van der Waals surface area contributed by atoms with Crippen molar-refractivity contribution in [1.29, 1.82) is 0 Å². The van der Waals surface area contributed by atoms with Crippen molar-refractivity contribution in [1.82, 2.24) is 20.0 Å². The summed E-state index contributed by atoms with van der Waals surface area (Å²) < 4.78 is 13.2. The first-order valence-corrected chi connectivity index (χ1v) is 10.4. The average Bonchev–Trinajstić information content (AvgIpc) is 3.52. The third-order valence-electron chi connectivity index (χ3n) is 4.89. The Balaban J connectivity index is 1.21. The van der Waals surface area contributed by atoms with Crippen LogP contribution in [0.5, 0.6) is 5.75 Å². The third-order valence-corrected chi connectivity index (χ3v) is 4.89.